The van der Waals surface area contributed by atoms with E-state index in [1.165, 1.54) is 17.5 Å². The fourth-order valence-electron chi connectivity index (χ4n) is 2.02. The summed E-state index contributed by atoms with van der Waals surface area (Å²) in [6.07, 6.45) is 10.8. The summed E-state index contributed by atoms with van der Waals surface area (Å²) in [6.45, 7) is 2.19. The molecular weight excluding hydrogens is 236 g/mol. The van der Waals surface area contributed by atoms with Crippen molar-refractivity contribution >= 4 is 12.0 Å². The molecule has 0 fully saturated rings. The smallest absolute Gasteiger partial charge is 0.303 e. The fourth-order valence-corrected chi connectivity index (χ4v) is 2.02. The molecule has 0 heterocycles. The Bertz CT molecular complexity index is 390. The molecule has 0 amide bonds. The van der Waals surface area contributed by atoms with Gasteiger partial charge in [-0.3, -0.25) is 4.79 Å². The molecule has 1 aromatic rings. The van der Waals surface area contributed by atoms with Gasteiger partial charge in [-0.25, -0.2) is 0 Å². The minimum Gasteiger partial charge on any atom is -0.481 e. The molecule has 0 unspecified atom stereocenters. The molecule has 0 spiro atoms. The summed E-state index contributed by atoms with van der Waals surface area (Å²) in [5.41, 5.74) is 2.64. The fraction of sp³-hybridized carbons (Fsp3) is 0.471. The lowest BCUT2D eigenvalue weighted by Crippen LogP contribution is -1.93. The first-order chi connectivity index (χ1) is 9.22. The summed E-state index contributed by atoms with van der Waals surface area (Å²) in [5.74, 6) is -0.692. The molecule has 104 valence electrons. The zero-order valence-electron chi connectivity index (χ0n) is 11.8. The van der Waals surface area contributed by atoms with Gasteiger partial charge in [0.25, 0.3) is 0 Å². The Labute approximate surface area is 116 Å². The summed E-state index contributed by atoms with van der Waals surface area (Å²) in [4.78, 5) is 10.3. The molecule has 0 aromatic heterocycles. The number of hydrogen-bond acceptors (Lipinski definition) is 1. The van der Waals surface area contributed by atoms with E-state index in [-0.39, 0.29) is 0 Å². The van der Waals surface area contributed by atoms with Gasteiger partial charge in [-0.05, 0) is 36.8 Å². The number of benzene rings is 1. The largest absolute Gasteiger partial charge is 0.481 e. The molecule has 19 heavy (non-hydrogen) atoms. The minimum atomic E-state index is -0.692. The quantitative estimate of drug-likeness (QED) is 0.654. The molecule has 2 heteroatoms. The van der Waals surface area contributed by atoms with Gasteiger partial charge in [-0.1, -0.05) is 56.2 Å². The Morgan fingerprint density at radius 1 is 1.16 bits per heavy atom. The van der Waals surface area contributed by atoms with E-state index in [9.17, 15) is 4.79 Å². The van der Waals surface area contributed by atoms with Crippen LogP contribution in [-0.4, -0.2) is 11.1 Å². The molecule has 1 aromatic carbocycles. The molecule has 1 N–H and O–H groups in total. The zero-order chi connectivity index (χ0) is 13.9. The van der Waals surface area contributed by atoms with Crippen molar-refractivity contribution in [3.8, 4) is 0 Å². The third-order valence-corrected chi connectivity index (χ3v) is 3.09. The summed E-state index contributed by atoms with van der Waals surface area (Å²) in [6, 6.07) is 8.70. The highest BCUT2D eigenvalue weighted by atomic mass is 16.4. The predicted molar refractivity (Wildman–Crippen MR) is 80.2 cm³/mol. The molecule has 0 aliphatic rings. The third kappa shape index (κ3) is 7.45. The van der Waals surface area contributed by atoms with Crippen molar-refractivity contribution in [2.75, 3.05) is 0 Å². The summed E-state index contributed by atoms with van der Waals surface area (Å²) >= 11 is 0. The SMILES string of the molecule is CCCc1ccc(C=CCCCCCC(=O)O)cc1. The highest BCUT2D eigenvalue weighted by Gasteiger charge is 1.95. The van der Waals surface area contributed by atoms with Gasteiger partial charge in [-0.15, -0.1) is 0 Å². The standard InChI is InChI=1S/C17H24O2/c1-2-8-15-11-13-16(14-12-15)9-6-4-3-5-7-10-17(18)19/h6,9,11-14H,2-5,7-8,10H2,1H3,(H,18,19). The molecular formula is C17H24O2. The molecule has 1 rings (SSSR count). The van der Waals surface area contributed by atoms with Gasteiger partial charge in [0, 0.05) is 6.42 Å². The van der Waals surface area contributed by atoms with Crippen molar-refractivity contribution in [1.29, 1.82) is 0 Å². The van der Waals surface area contributed by atoms with E-state index in [1.807, 2.05) is 0 Å². The van der Waals surface area contributed by atoms with E-state index < -0.39 is 5.97 Å². The van der Waals surface area contributed by atoms with Gasteiger partial charge in [-0.2, -0.15) is 0 Å². The molecule has 0 saturated heterocycles. The van der Waals surface area contributed by atoms with Crippen LogP contribution >= 0.6 is 0 Å². The van der Waals surface area contributed by atoms with Crippen LogP contribution in [0.25, 0.3) is 6.08 Å². The molecule has 0 saturated carbocycles. The van der Waals surface area contributed by atoms with Crippen molar-refractivity contribution in [2.24, 2.45) is 0 Å². The van der Waals surface area contributed by atoms with Crippen LogP contribution in [0.2, 0.25) is 0 Å². The number of allylic oxidation sites excluding steroid dienone is 1. The maximum atomic E-state index is 10.3. The average Bonchev–Trinajstić information content (AvgIpc) is 2.39. The molecule has 0 aliphatic heterocycles. The van der Waals surface area contributed by atoms with E-state index in [1.54, 1.807) is 0 Å². The number of aliphatic carboxylic acids is 1. The topological polar surface area (TPSA) is 37.3 Å². The maximum Gasteiger partial charge on any atom is 0.303 e. The highest BCUT2D eigenvalue weighted by Crippen LogP contribution is 2.10. The lowest BCUT2D eigenvalue weighted by Gasteiger charge is -1.99. The van der Waals surface area contributed by atoms with Crippen molar-refractivity contribution in [3.63, 3.8) is 0 Å². The molecule has 0 bridgehead atoms. The van der Waals surface area contributed by atoms with Crippen LogP contribution in [0.5, 0.6) is 0 Å². The van der Waals surface area contributed by atoms with Gasteiger partial charge in [0.05, 0.1) is 0 Å². The van der Waals surface area contributed by atoms with E-state index >= 15 is 0 Å². The Balaban J connectivity index is 2.19. The second kappa shape index (κ2) is 9.37. The monoisotopic (exact) mass is 260 g/mol. The zero-order valence-corrected chi connectivity index (χ0v) is 11.8. The third-order valence-electron chi connectivity index (χ3n) is 3.09. The second-order valence-electron chi connectivity index (χ2n) is 4.89. The van der Waals surface area contributed by atoms with Crippen LogP contribution in [-0.2, 0) is 11.2 Å². The Kier molecular flexibility index (Phi) is 7.64. The van der Waals surface area contributed by atoms with Crippen molar-refractivity contribution in [2.45, 2.75) is 51.9 Å². The van der Waals surface area contributed by atoms with Crippen molar-refractivity contribution < 1.29 is 9.90 Å². The van der Waals surface area contributed by atoms with Crippen LogP contribution in [0.3, 0.4) is 0 Å². The lowest BCUT2D eigenvalue weighted by atomic mass is 10.1. The van der Waals surface area contributed by atoms with Gasteiger partial charge in [0.1, 0.15) is 0 Å². The van der Waals surface area contributed by atoms with E-state index in [0.717, 1.165) is 32.1 Å². The Hall–Kier alpha value is -1.57. The van der Waals surface area contributed by atoms with Gasteiger partial charge < -0.3 is 5.11 Å². The first kappa shape index (κ1) is 15.5. The van der Waals surface area contributed by atoms with Crippen molar-refractivity contribution in [3.05, 3.63) is 41.5 Å². The summed E-state index contributed by atoms with van der Waals surface area (Å²) in [7, 11) is 0. The summed E-state index contributed by atoms with van der Waals surface area (Å²) in [5, 5.41) is 8.51. The number of carboxylic acids is 1. The maximum absolute atomic E-state index is 10.3. The number of rotatable bonds is 9. The Morgan fingerprint density at radius 2 is 1.89 bits per heavy atom. The Morgan fingerprint density at radius 3 is 2.53 bits per heavy atom. The minimum absolute atomic E-state index is 0.294. The van der Waals surface area contributed by atoms with Crippen LogP contribution in [0.4, 0.5) is 0 Å². The van der Waals surface area contributed by atoms with E-state index in [2.05, 4.69) is 43.3 Å². The molecule has 0 aliphatic carbocycles. The molecule has 2 nitrogen and oxygen atoms in total. The number of unbranched alkanes of at least 4 members (excludes halogenated alkanes) is 3. The lowest BCUT2D eigenvalue weighted by molar-refractivity contribution is -0.137. The number of hydrogen-bond donors (Lipinski definition) is 1. The van der Waals surface area contributed by atoms with E-state index in [4.69, 9.17) is 5.11 Å². The van der Waals surface area contributed by atoms with Gasteiger partial charge in [0.15, 0.2) is 0 Å². The van der Waals surface area contributed by atoms with Gasteiger partial charge in [0.2, 0.25) is 0 Å². The van der Waals surface area contributed by atoms with Crippen LogP contribution in [0.15, 0.2) is 30.3 Å². The second-order valence-corrected chi connectivity index (χ2v) is 4.89. The first-order valence-corrected chi connectivity index (χ1v) is 7.19. The highest BCUT2D eigenvalue weighted by molar-refractivity contribution is 5.66. The number of carbonyl (C=O) groups is 1. The average molecular weight is 260 g/mol. The molecule has 0 radical (unpaired) electrons. The predicted octanol–water partition coefficient (Wildman–Crippen LogP) is 4.69. The first-order valence-electron chi connectivity index (χ1n) is 7.19. The summed E-state index contributed by atoms with van der Waals surface area (Å²) < 4.78 is 0. The number of aryl methyl sites for hydroxylation is 1. The van der Waals surface area contributed by atoms with Crippen LogP contribution < -0.4 is 0 Å². The van der Waals surface area contributed by atoms with Crippen LogP contribution in [0, 0.1) is 0 Å². The van der Waals surface area contributed by atoms with Crippen LogP contribution in [0.1, 0.15) is 56.6 Å². The molecule has 0 atom stereocenters. The normalized spacial score (nSPS) is 11.0. The van der Waals surface area contributed by atoms with Gasteiger partial charge >= 0.3 is 5.97 Å². The van der Waals surface area contributed by atoms with Crippen molar-refractivity contribution in [1.82, 2.24) is 0 Å². The van der Waals surface area contributed by atoms with E-state index in [0.29, 0.717) is 6.42 Å². The number of carboxylic acid groups (broad SMARTS) is 1.